The van der Waals surface area contributed by atoms with Crippen molar-refractivity contribution in [3.63, 3.8) is 0 Å². The number of nitrogens with zero attached hydrogens (tertiary/aromatic N) is 1. The fourth-order valence-corrected chi connectivity index (χ4v) is 2.21. The molecular weight excluding hydrogens is 198 g/mol. The molecule has 1 aromatic heterocycles. The van der Waals surface area contributed by atoms with Crippen molar-refractivity contribution >= 4 is 24.0 Å². The summed E-state index contributed by atoms with van der Waals surface area (Å²) < 4.78 is 0.999. The number of hydrogen-bond donors (Lipinski definition) is 1. The molecule has 1 heterocycles. The largest absolute Gasteiger partial charge is 0.240 e. The molecule has 1 aromatic carbocycles. The van der Waals surface area contributed by atoms with Crippen molar-refractivity contribution in [2.45, 2.75) is 11.1 Å². The van der Waals surface area contributed by atoms with Crippen LogP contribution >= 0.6 is 24.0 Å². The Morgan fingerprint density at radius 3 is 2.46 bits per heavy atom. The number of rotatable bonds is 1. The molecular formula is C10H9NS2. The zero-order chi connectivity index (χ0) is 9.26. The zero-order valence-electron chi connectivity index (χ0n) is 7.19. The van der Waals surface area contributed by atoms with Gasteiger partial charge in [-0.3, -0.25) is 0 Å². The van der Waals surface area contributed by atoms with Crippen molar-refractivity contribution in [1.82, 2.24) is 4.98 Å². The van der Waals surface area contributed by atoms with Gasteiger partial charge in [-0.2, -0.15) is 0 Å². The van der Waals surface area contributed by atoms with E-state index >= 15 is 0 Å². The highest BCUT2D eigenvalue weighted by Gasteiger charge is 2.05. The van der Waals surface area contributed by atoms with Crippen LogP contribution < -0.4 is 0 Å². The molecule has 0 amide bonds. The molecule has 0 unspecified atom stereocenters. The molecule has 0 spiro atoms. The summed E-state index contributed by atoms with van der Waals surface area (Å²) in [5, 5.41) is 1.04. The summed E-state index contributed by atoms with van der Waals surface area (Å²) in [5.41, 5.74) is 2.17. The van der Waals surface area contributed by atoms with Gasteiger partial charge in [-0.25, -0.2) is 4.98 Å². The summed E-state index contributed by atoms with van der Waals surface area (Å²) in [5.74, 6) is 0. The van der Waals surface area contributed by atoms with E-state index < -0.39 is 0 Å². The van der Waals surface area contributed by atoms with Gasteiger partial charge in [0.05, 0.1) is 9.90 Å². The molecule has 0 atom stereocenters. The predicted octanol–water partition coefficient (Wildman–Crippen LogP) is 3.41. The number of hydrogen-bond acceptors (Lipinski definition) is 3. The molecule has 0 aliphatic carbocycles. The van der Waals surface area contributed by atoms with E-state index in [1.54, 1.807) is 11.3 Å². The summed E-state index contributed by atoms with van der Waals surface area (Å²) in [6.45, 7) is 1.98. The van der Waals surface area contributed by atoms with Crippen LogP contribution in [0.1, 0.15) is 5.69 Å². The minimum absolute atomic E-state index is 0.999. The second kappa shape index (κ2) is 3.52. The molecule has 0 N–H and O–H groups in total. The summed E-state index contributed by atoms with van der Waals surface area (Å²) in [7, 11) is 0. The molecule has 0 bridgehead atoms. The summed E-state index contributed by atoms with van der Waals surface area (Å²) in [6, 6.07) is 10.2. The molecule has 0 radical (unpaired) electrons. The molecule has 0 aliphatic rings. The van der Waals surface area contributed by atoms with Crippen LogP contribution in [-0.2, 0) is 0 Å². The van der Waals surface area contributed by atoms with Crippen LogP contribution in [0, 0.1) is 6.92 Å². The molecule has 2 rings (SSSR count). The topological polar surface area (TPSA) is 12.9 Å². The Hall–Kier alpha value is -0.800. The van der Waals surface area contributed by atoms with Crippen molar-refractivity contribution in [2.24, 2.45) is 0 Å². The third-order valence-corrected chi connectivity index (χ3v) is 3.40. The Kier molecular flexibility index (Phi) is 2.38. The fraction of sp³-hybridized carbons (Fsp3) is 0.100. The van der Waals surface area contributed by atoms with Crippen molar-refractivity contribution in [3.8, 4) is 10.6 Å². The molecule has 66 valence electrons. The van der Waals surface area contributed by atoms with Crippen LogP contribution in [0.4, 0.5) is 0 Å². The average Bonchev–Trinajstić information content (AvgIpc) is 2.49. The Morgan fingerprint density at radius 1 is 1.23 bits per heavy atom. The number of aromatic nitrogens is 1. The Labute approximate surface area is 86.9 Å². The highest BCUT2D eigenvalue weighted by Crippen LogP contribution is 2.29. The number of benzene rings is 1. The minimum Gasteiger partial charge on any atom is -0.240 e. The van der Waals surface area contributed by atoms with Gasteiger partial charge in [0.1, 0.15) is 5.01 Å². The fourth-order valence-electron chi connectivity index (χ4n) is 1.09. The summed E-state index contributed by atoms with van der Waals surface area (Å²) in [6.07, 6.45) is 0. The van der Waals surface area contributed by atoms with E-state index in [0.29, 0.717) is 0 Å². The number of thiazole rings is 1. The molecule has 0 fully saturated rings. The standard InChI is InChI=1S/C10H9NS2/c1-7-10(12)13-9(11-7)8-5-3-2-4-6-8/h2-6,12H,1H3. The van der Waals surface area contributed by atoms with E-state index in [1.165, 1.54) is 0 Å². The van der Waals surface area contributed by atoms with Gasteiger partial charge >= 0.3 is 0 Å². The van der Waals surface area contributed by atoms with Crippen LogP contribution in [0.2, 0.25) is 0 Å². The molecule has 2 aromatic rings. The van der Waals surface area contributed by atoms with Crippen LogP contribution in [0.3, 0.4) is 0 Å². The van der Waals surface area contributed by atoms with Crippen molar-refractivity contribution < 1.29 is 0 Å². The Balaban J connectivity index is 2.48. The molecule has 0 saturated carbocycles. The first kappa shape index (κ1) is 8.78. The first-order chi connectivity index (χ1) is 6.27. The lowest BCUT2D eigenvalue weighted by atomic mass is 10.2. The van der Waals surface area contributed by atoms with Gasteiger partial charge in [0.25, 0.3) is 0 Å². The second-order valence-corrected chi connectivity index (χ2v) is 4.52. The maximum atomic E-state index is 4.42. The van der Waals surface area contributed by atoms with E-state index in [4.69, 9.17) is 0 Å². The van der Waals surface area contributed by atoms with Crippen LogP contribution in [0.25, 0.3) is 10.6 Å². The third kappa shape index (κ3) is 1.76. The quantitative estimate of drug-likeness (QED) is 0.707. The van der Waals surface area contributed by atoms with Crippen LogP contribution in [0.5, 0.6) is 0 Å². The molecule has 1 nitrogen and oxygen atoms in total. The van der Waals surface area contributed by atoms with E-state index in [9.17, 15) is 0 Å². The van der Waals surface area contributed by atoms with Gasteiger partial charge in [-0.15, -0.1) is 24.0 Å². The van der Waals surface area contributed by atoms with Crippen molar-refractivity contribution in [3.05, 3.63) is 36.0 Å². The molecule has 0 aliphatic heterocycles. The monoisotopic (exact) mass is 207 g/mol. The predicted molar refractivity (Wildman–Crippen MR) is 59.5 cm³/mol. The highest BCUT2D eigenvalue weighted by atomic mass is 32.2. The van der Waals surface area contributed by atoms with Gasteiger partial charge in [-0.1, -0.05) is 30.3 Å². The van der Waals surface area contributed by atoms with E-state index in [1.807, 2.05) is 25.1 Å². The lowest BCUT2D eigenvalue weighted by Crippen LogP contribution is -1.75. The maximum absolute atomic E-state index is 4.42. The second-order valence-electron chi connectivity index (χ2n) is 2.78. The minimum atomic E-state index is 0.999. The van der Waals surface area contributed by atoms with E-state index in [2.05, 4.69) is 29.7 Å². The zero-order valence-corrected chi connectivity index (χ0v) is 8.90. The number of thiol groups is 1. The van der Waals surface area contributed by atoms with Gasteiger partial charge in [-0.05, 0) is 6.92 Å². The summed E-state index contributed by atoms with van der Waals surface area (Å²) >= 11 is 5.95. The lowest BCUT2D eigenvalue weighted by molar-refractivity contribution is 1.21. The highest BCUT2D eigenvalue weighted by molar-refractivity contribution is 7.83. The van der Waals surface area contributed by atoms with Gasteiger partial charge in [0.2, 0.25) is 0 Å². The smallest absolute Gasteiger partial charge is 0.124 e. The van der Waals surface area contributed by atoms with Gasteiger partial charge in [0, 0.05) is 5.56 Å². The van der Waals surface area contributed by atoms with Crippen LogP contribution in [0.15, 0.2) is 34.5 Å². The van der Waals surface area contributed by atoms with Crippen molar-refractivity contribution in [2.75, 3.05) is 0 Å². The normalized spacial score (nSPS) is 10.3. The summed E-state index contributed by atoms with van der Waals surface area (Å²) in [4.78, 5) is 4.42. The van der Waals surface area contributed by atoms with Gasteiger partial charge < -0.3 is 0 Å². The molecule has 13 heavy (non-hydrogen) atoms. The molecule has 3 heteroatoms. The first-order valence-corrected chi connectivity index (χ1v) is 5.25. The van der Waals surface area contributed by atoms with E-state index in [-0.39, 0.29) is 0 Å². The lowest BCUT2D eigenvalue weighted by Gasteiger charge is -1.92. The van der Waals surface area contributed by atoms with Gasteiger partial charge in [0.15, 0.2) is 0 Å². The Bertz CT molecular complexity index is 387. The maximum Gasteiger partial charge on any atom is 0.124 e. The third-order valence-electron chi connectivity index (χ3n) is 1.79. The molecule has 0 saturated heterocycles. The average molecular weight is 207 g/mol. The Morgan fingerprint density at radius 2 is 1.92 bits per heavy atom. The van der Waals surface area contributed by atoms with Crippen LogP contribution in [-0.4, -0.2) is 4.98 Å². The van der Waals surface area contributed by atoms with Crippen molar-refractivity contribution in [1.29, 1.82) is 0 Å². The van der Waals surface area contributed by atoms with E-state index in [0.717, 1.165) is 20.5 Å². The SMILES string of the molecule is Cc1nc(-c2ccccc2)sc1S. The first-order valence-electron chi connectivity index (χ1n) is 3.99. The number of aryl methyl sites for hydroxylation is 1.